The van der Waals surface area contributed by atoms with E-state index in [0.717, 1.165) is 63.2 Å². The zero-order valence-electron chi connectivity index (χ0n) is 19.5. The van der Waals surface area contributed by atoms with Crippen molar-refractivity contribution < 1.29 is 14.3 Å². The number of amides is 2. The third-order valence-electron chi connectivity index (χ3n) is 8.00. The molecule has 2 heterocycles. The fourth-order valence-electron chi connectivity index (χ4n) is 6.00. The van der Waals surface area contributed by atoms with Gasteiger partial charge in [-0.25, -0.2) is 4.79 Å². The molecule has 1 spiro atoms. The lowest BCUT2D eigenvalue weighted by Crippen LogP contribution is -2.58. The Bertz CT molecular complexity index is 935. The highest BCUT2D eigenvalue weighted by Gasteiger charge is 2.56. The first-order valence-electron chi connectivity index (χ1n) is 12.2. The van der Waals surface area contributed by atoms with Crippen LogP contribution in [0, 0.1) is 5.92 Å². The van der Waals surface area contributed by atoms with E-state index in [9.17, 15) is 4.79 Å². The maximum absolute atomic E-state index is 13.8. The molecule has 2 aromatic carbocycles. The SMILES string of the molecule is COc1ccc(CN2C(=O)N(CC3CCOC3)C3(CCC(c4ccccc4)CC3)C2N)cc1. The van der Waals surface area contributed by atoms with E-state index in [4.69, 9.17) is 15.2 Å². The topological polar surface area (TPSA) is 68.0 Å². The van der Waals surface area contributed by atoms with Gasteiger partial charge in [-0.2, -0.15) is 0 Å². The maximum Gasteiger partial charge on any atom is 0.322 e. The van der Waals surface area contributed by atoms with E-state index in [1.54, 1.807) is 7.11 Å². The van der Waals surface area contributed by atoms with Crippen molar-refractivity contribution in [2.45, 2.75) is 56.3 Å². The van der Waals surface area contributed by atoms with Crippen molar-refractivity contribution in [3.8, 4) is 5.75 Å². The van der Waals surface area contributed by atoms with Gasteiger partial charge in [-0.15, -0.1) is 0 Å². The van der Waals surface area contributed by atoms with Gasteiger partial charge in [0.25, 0.3) is 0 Å². The van der Waals surface area contributed by atoms with E-state index in [2.05, 4.69) is 35.2 Å². The second-order valence-electron chi connectivity index (χ2n) is 9.83. The molecule has 1 saturated carbocycles. The molecule has 2 unspecified atom stereocenters. The number of methoxy groups -OCH3 is 1. The summed E-state index contributed by atoms with van der Waals surface area (Å²) in [7, 11) is 1.66. The van der Waals surface area contributed by atoms with Crippen LogP contribution in [0.25, 0.3) is 0 Å². The molecule has 2 saturated heterocycles. The first kappa shape index (κ1) is 22.2. The number of benzene rings is 2. The lowest BCUT2D eigenvalue weighted by Gasteiger charge is -2.45. The molecule has 0 aromatic heterocycles. The Morgan fingerprint density at radius 1 is 1.06 bits per heavy atom. The highest BCUT2D eigenvalue weighted by molar-refractivity contribution is 5.79. The number of nitrogens with zero attached hydrogens (tertiary/aromatic N) is 2. The lowest BCUT2D eigenvalue weighted by molar-refractivity contribution is 0.0679. The van der Waals surface area contributed by atoms with E-state index in [1.807, 2.05) is 29.2 Å². The molecule has 2 atom stereocenters. The predicted octanol–water partition coefficient (Wildman–Crippen LogP) is 4.35. The summed E-state index contributed by atoms with van der Waals surface area (Å²) in [5.74, 6) is 1.74. The Hall–Kier alpha value is -2.57. The van der Waals surface area contributed by atoms with E-state index in [-0.39, 0.29) is 17.7 Å². The summed E-state index contributed by atoms with van der Waals surface area (Å²) in [6.45, 7) is 2.78. The second-order valence-corrected chi connectivity index (χ2v) is 9.83. The summed E-state index contributed by atoms with van der Waals surface area (Å²) in [6, 6.07) is 18.8. The van der Waals surface area contributed by atoms with Crippen molar-refractivity contribution in [2.75, 3.05) is 26.9 Å². The van der Waals surface area contributed by atoms with Gasteiger partial charge in [-0.05, 0) is 61.3 Å². The monoisotopic (exact) mass is 449 g/mol. The number of ether oxygens (including phenoxy) is 2. The van der Waals surface area contributed by atoms with Gasteiger partial charge in [-0.3, -0.25) is 0 Å². The molecule has 176 valence electrons. The average molecular weight is 450 g/mol. The molecule has 33 heavy (non-hydrogen) atoms. The van der Waals surface area contributed by atoms with Crippen LogP contribution in [0.3, 0.4) is 0 Å². The van der Waals surface area contributed by atoms with Crippen LogP contribution in [0.5, 0.6) is 5.75 Å². The van der Waals surface area contributed by atoms with E-state index >= 15 is 0 Å². The van der Waals surface area contributed by atoms with Crippen LogP contribution in [0.15, 0.2) is 54.6 Å². The third-order valence-corrected chi connectivity index (χ3v) is 8.00. The van der Waals surface area contributed by atoms with Gasteiger partial charge in [0.05, 0.1) is 19.3 Å². The molecule has 2 N–H and O–H groups in total. The number of hydrogen-bond donors (Lipinski definition) is 1. The van der Waals surface area contributed by atoms with Gasteiger partial charge < -0.3 is 25.0 Å². The fraction of sp³-hybridized carbons (Fsp3) is 0.519. The molecule has 2 amide bonds. The van der Waals surface area contributed by atoms with Crippen LogP contribution in [0.1, 0.15) is 49.1 Å². The Labute approximate surface area is 196 Å². The molecule has 0 bridgehead atoms. The zero-order valence-corrected chi connectivity index (χ0v) is 19.5. The second kappa shape index (κ2) is 9.35. The van der Waals surface area contributed by atoms with Crippen molar-refractivity contribution in [3.05, 3.63) is 65.7 Å². The summed E-state index contributed by atoms with van der Waals surface area (Å²) >= 11 is 0. The van der Waals surface area contributed by atoms with Crippen LogP contribution < -0.4 is 10.5 Å². The lowest BCUT2D eigenvalue weighted by atomic mass is 9.72. The summed E-state index contributed by atoms with van der Waals surface area (Å²) in [6.07, 6.45) is 4.68. The Balaban J connectivity index is 1.38. The number of rotatable bonds is 6. The van der Waals surface area contributed by atoms with E-state index in [1.165, 1.54) is 5.56 Å². The van der Waals surface area contributed by atoms with Crippen LogP contribution in [0.2, 0.25) is 0 Å². The summed E-state index contributed by atoms with van der Waals surface area (Å²) in [5.41, 5.74) is 9.10. The largest absolute Gasteiger partial charge is 0.497 e. The fourth-order valence-corrected chi connectivity index (χ4v) is 6.00. The van der Waals surface area contributed by atoms with Gasteiger partial charge in [0, 0.05) is 25.6 Å². The van der Waals surface area contributed by atoms with Crippen molar-refractivity contribution in [2.24, 2.45) is 11.7 Å². The first-order valence-corrected chi connectivity index (χ1v) is 12.2. The standard InChI is InChI=1S/C27H35N3O3/c1-32-24-9-7-20(8-10-24)17-29-25(28)27(30(26(29)31)18-21-13-16-33-19-21)14-11-23(12-15-27)22-5-3-2-4-6-22/h2-10,21,23,25H,11-19,28H2,1H3. The minimum atomic E-state index is -0.314. The highest BCUT2D eigenvalue weighted by Crippen LogP contribution is 2.47. The molecular weight excluding hydrogens is 414 g/mol. The molecule has 5 rings (SSSR count). The van der Waals surface area contributed by atoms with Gasteiger partial charge >= 0.3 is 6.03 Å². The van der Waals surface area contributed by atoms with E-state index < -0.39 is 0 Å². The number of carbonyl (C=O) groups excluding carboxylic acids is 1. The van der Waals surface area contributed by atoms with Crippen LogP contribution in [-0.4, -0.2) is 54.4 Å². The average Bonchev–Trinajstić information content (AvgIpc) is 3.44. The molecule has 3 fully saturated rings. The van der Waals surface area contributed by atoms with E-state index in [0.29, 0.717) is 18.4 Å². The molecule has 0 radical (unpaired) electrons. The molecular formula is C27H35N3O3. The molecule has 6 nitrogen and oxygen atoms in total. The van der Waals surface area contributed by atoms with Crippen molar-refractivity contribution in [1.82, 2.24) is 9.80 Å². The molecule has 2 aromatic rings. The summed E-state index contributed by atoms with van der Waals surface area (Å²) in [5, 5.41) is 0. The van der Waals surface area contributed by atoms with Gasteiger partial charge in [0.1, 0.15) is 11.9 Å². The minimum Gasteiger partial charge on any atom is -0.497 e. The third kappa shape index (κ3) is 4.22. The normalized spacial score (nSPS) is 29.8. The minimum absolute atomic E-state index is 0.0726. The highest BCUT2D eigenvalue weighted by atomic mass is 16.5. The number of hydrogen-bond acceptors (Lipinski definition) is 4. The van der Waals surface area contributed by atoms with Gasteiger partial charge in [0.2, 0.25) is 0 Å². The summed E-state index contributed by atoms with van der Waals surface area (Å²) < 4.78 is 10.9. The van der Waals surface area contributed by atoms with Gasteiger partial charge in [0.15, 0.2) is 0 Å². The molecule has 3 aliphatic rings. The molecule has 6 heteroatoms. The smallest absolute Gasteiger partial charge is 0.322 e. The predicted molar refractivity (Wildman–Crippen MR) is 128 cm³/mol. The number of carbonyl (C=O) groups is 1. The van der Waals surface area contributed by atoms with Crippen molar-refractivity contribution in [3.63, 3.8) is 0 Å². The number of urea groups is 1. The van der Waals surface area contributed by atoms with Gasteiger partial charge in [-0.1, -0.05) is 42.5 Å². The van der Waals surface area contributed by atoms with Crippen LogP contribution in [-0.2, 0) is 11.3 Å². The van der Waals surface area contributed by atoms with Crippen molar-refractivity contribution >= 4 is 6.03 Å². The Morgan fingerprint density at radius 3 is 2.42 bits per heavy atom. The first-order chi connectivity index (χ1) is 16.1. The Kier molecular flexibility index (Phi) is 6.30. The zero-order chi connectivity index (χ0) is 22.8. The molecule has 1 aliphatic carbocycles. The number of nitrogens with two attached hydrogens (primary N) is 1. The van der Waals surface area contributed by atoms with Crippen molar-refractivity contribution in [1.29, 1.82) is 0 Å². The molecule has 2 aliphatic heterocycles. The quantitative estimate of drug-likeness (QED) is 0.712. The van der Waals surface area contributed by atoms with Crippen LogP contribution in [0.4, 0.5) is 4.79 Å². The van der Waals surface area contributed by atoms with Crippen LogP contribution >= 0.6 is 0 Å². The maximum atomic E-state index is 13.8. The summed E-state index contributed by atoms with van der Waals surface area (Å²) in [4.78, 5) is 17.8. The Morgan fingerprint density at radius 2 is 1.79 bits per heavy atom.